The molecule has 0 bridgehead atoms. The molecular formula is C23H18O6. The first kappa shape index (κ1) is 19.7. The zero-order valence-corrected chi connectivity index (χ0v) is 15.3. The highest BCUT2D eigenvalue weighted by atomic mass is 16.5. The van der Waals surface area contributed by atoms with Crippen LogP contribution in [0.1, 0.15) is 11.1 Å². The lowest BCUT2D eigenvalue weighted by molar-refractivity contribution is -0.146. The minimum atomic E-state index is -1.64. The van der Waals surface area contributed by atoms with Crippen LogP contribution >= 0.6 is 0 Å². The van der Waals surface area contributed by atoms with E-state index in [1.165, 1.54) is 6.07 Å². The average Bonchev–Trinajstić information content (AvgIpc) is 2.73. The Morgan fingerprint density at radius 2 is 1.48 bits per heavy atom. The smallest absolute Gasteiger partial charge is 0.376 e. The first-order valence-corrected chi connectivity index (χ1v) is 8.74. The Labute approximate surface area is 167 Å². The standard InChI is InChI=1S/C23H18O6/c24-21(14-22(25)23(26)27)17-7-5-10-19(13-17)28-15-16-6-4-11-20(12-16)29-18-8-2-1-3-9-18/h1-14,24H,15H2,(H,26,27)/b21-14-. The summed E-state index contributed by atoms with van der Waals surface area (Å²) in [4.78, 5) is 21.8. The Kier molecular flexibility index (Phi) is 6.27. The van der Waals surface area contributed by atoms with Crippen LogP contribution in [0.2, 0.25) is 0 Å². The molecule has 6 heteroatoms. The van der Waals surface area contributed by atoms with Crippen LogP contribution in [0.25, 0.3) is 5.76 Å². The Balaban J connectivity index is 1.67. The molecule has 2 N–H and O–H groups in total. The Morgan fingerprint density at radius 3 is 2.24 bits per heavy atom. The average molecular weight is 390 g/mol. The van der Waals surface area contributed by atoms with Crippen LogP contribution < -0.4 is 9.47 Å². The quantitative estimate of drug-likeness (QED) is 0.331. The molecule has 0 spiro atoms. The summed E-state index contributed by atoms with van der Waals surface area (Å²) in [5.41, 5.74) is 1.16. The largest absolute Gasteiger partial charge is 0.507 e. The van der Waals surface area contributed by atoms with Gasteiger partial charge in [-0.25, -0.2) is 4.79 Å². The zero-order chi connectivity index (χ0) is 20.6. The monoisotopic (exact) mass is 390 g/mol. The van der Waals surface area contributed by atoms with E-state index in [-0.39, 0.29) is 12.2 Å². The molecule has 3 aromatic carbocycles. The number of hydrogen-bond donors (Lipinski definition) is 2. The summed E-state index contributed by atoms with van der Waals surface area (Å²) in [6.07, 6.45) is 0.659. The second kappa shape index (κ2) is 9.23. The van der Waals surface area contributed by atoms with Gasteiger partial charge in [0.15, 0.2) is 0 Å². The highest BCUT2D eigenvalue weighted by molar-refractivity contribution is 6.38. The number of ether oxygens (including phenoxy) is 2. The topological polar surface area (TPSA) is 93.1 Å². The van der Waals surface area contributed by atoms with Gasteiger partial charge in [-0.2, -0.15) is 0 Å². The van der Waals surface area contributed by atoms with Gasteiger partial charge < -0.3 is 19.7 Å². The van der Waals surface area contributed by atoms with Crippen LogP contribution in [-0.4, -0.2) is 22.0 Å². The van der Waals surface area contributed by atoms with Gasteiger partial charge in [0, 0.05) is 11.6 Å². The van der Waals surface area contributed by atoms with Crippen molar-refractivity contribution < 1.29 is 29.3 Å². The number of carboxylic acids is 1. The molecule has 0 saturated heterocycles. The van der Waals surface area contributed by atoms with E-state index in [0.717, 1.165) is 11.3 Å². The fraction of sp³-hybridized carbons (Fsp3) is 0.0435. The van der Waals surface area contributed by atoms with Gasteiger partial charge in [0.1, 0.15) is 29.6 Å². The number of para-hydroxylation sites is 1. The number of hydrogen-bond acceptors (Lipinski definition) is 5. The van der Waals surface area contributed by atoms with Crippen LogP contribution in [0.4, 0.5) is 0 Å². The molecule has 6 nitrogen and oxygen atoms in total. The number of aliphatic hydroxyl groups excluding tert-OH is 1. The van der Waals surface area contributed by atoms with Crippen molar-refractivity contribution in [3.05, 3.63) is 96.1 Å². The van der Waals surface area contributed by atoms with E-state index in [1.807, 2.05) is 54.6 Å². The van der Waals surface area contributed by atoms with Gasteiger partial charge in [-0.15, -0.1) is 0 Å². The zero-order valence-electron chi connectivity index (χ0n) is 15.3. The maximum atomic E-state index is 11.2. The highest BCUT2D eigenvalue weighted by Crippen LogP contribution is 2.23. The van der Waals surface area contributed by atoms with Gasteiger partial charge >= 0.3 is 5.97 Å². The molecule has 0 radical (unpaired) electrons. The third-order valence-corrected chi connectivity index (χ3v) is 3.89. The Hall–Kier alpha value is -4.06. The van der Waals surface area contributed by atoms with Gasteiger partial charge in [0.2, 0.25) is 0 Å². The van der Waals surface area contributed by atoms with E-state index >= 15 is 0 Å². The predicted octanol–water partition coefficient (Wildman–Crippen LogP) is 4.61. The fourth-order valence-electron chi connectivity index (χ4n) is 2.50. The summed E-state index contributed by atoms with van der Waals surface area (Å²) >= 11 is 0. The van der Waals surface area contributed by atoms with Crippen LogP contribution in [0.15, 0.2) is 84.9 Å². The van der Waals surface area contributed by atoms with Crippen LogP contribution in [0.5, 0.6) is 17.2 Å². The Bertz CT molecular complexity index is 1040. The minimum Gasteiger partial charge on any atom is -0.507 e. The third-order valence-electron chi connectivity index (χ3n) is 3.89. The van der Waals surface area contributed by atoms with E-state index in [9.17, 15) is 14.7 Å². The third kappa shape index (κ3) is 5.71. The maximum Gasteiger partial charge on any atom is 0.376 e. The van der Waals surface area contributed by atoms with Crippen molar-refractivity contribution >= 4 is 17.5 Å². The number of benzene rings is 3. The molecule has 0 saturated carbocycles. The van der Waals surface area contributed by atoms with E-state index in [1.54, 1.807) is 18.2 Å². The number of carbonyl (C=O) groups is 2. The van der Waals surface area contributed by atoms with Gasteiger partial charge in [-0.1, -0.05) is 42.5 Å². The summed E-state index contributed by atoms with van der Waals surface area (Å²) < 4.78 is 11.5. The molecule has 0 unspecified atom stereocenters. The molecule has 0 aliphatic carbocycles. The van der Waals surface area contributed by atoms with Crippen LogP contribution in [0.3, 0.4) is 0 Å². The minimum absolute atomic E-state index is 0.258. The lowest BCUT2D eigenvalue weighted by atomic mass is 10.1. The second-order valence-corrected chi connectivity index (χ2v) is 6.08. The van der Waals surface area contributed by atoms with E-state index in [4.69, 9.17) is 14.6 Å². The summed E-state index contributed by atoms with van der Waals surface area (Å²) in [5.74, 6) is -1.42. The Morgan fingerprint density at radius 1 is 0.793 bits per heavy atom. The van der Waals surface area contributed by atoms with Crippen molar-refractivity contribution in [3.63, 3.8) is 0 Å². The SMILES string of the molecule is O=C(O)C(=O)/C=C(\O)c1cccc(OCc2cccc(Oc3ccccc3)c2)c1. The van der Waals surface area contributed by atoms with E-state index in [0.29, 0.717) is 17.6 Å². The van der Waals surface area contributed by atoms with E-state index in [2.05, 4.69) is 0 Å². The van der Waals surface area contributed by atoms with Crippen molar-refractivity contribution in [2.45, 2.75) is 6.61 Å². The van der Waals surface area contributed by atoms with Crippen molar-refractivity contribution in [1.82, 2.24) is 0 Å². The first-order chi connectivity index (χ1) is 14.0. The van der Waals surface area contributed by atoms with Gasteiger partial charge in [-0.05, 0) is 42.0 Å². The number of carboxylic acid groups (broad SMARTS) is 1. The molecule has 29 heavy (non-hydrogen) atoms. The molecular weight excluding hydrogens is 372 g/mol. The molecule has 146 valence electrons. The first-order valence-electron chi connectivity index (χ1n) is 8.74. The van der Waals surface area contributed by atoms with Crippen molar-refractivity contribution in [3.8, 4) is 17.2 Å². The number of aliphatic carboxylic acids is 1. The molecule has 0 amide bonds. The molecule has 0 heterocycles. The van der Waals surface area contributed by atoms with Crippen LogP contribution in [0, 0.1) is 0 Å². The molecule has 0 fully saturated rings. The predicted molar refractivity (Wildman–Crippen MR) is 107 cm³/mol. The van der Waals surface area contributed by atoms with Gasteiger partial charge in [0.25, 0.3) is 5.78 Å². The molecule has 3 aromatic rings. The summed E-state index contributed by atoms with van der Waals surface area (Å²) in [7, 11) is 0. The van der Waals surface area contributed by atoms with Gasteiger partial charge in [0.05, 0.1) is 0 Å². The second-order valence-electron chi connectivity index (χ2n) is 6.08. The number of aliphatic hydroxyl groups is 1. The van der Waals surface area contributed by atoms with Gasteiger partial charge in [-0.3, -0.25) is 4.79 Å². The van der Waals surface area contributed by atoms with Crippen molar-refractivity contribution in [2.24, 2.45) is 0 Å². The molecule has 0 aliphatic rings. The lowest BCUT2D eigenvalue weighted by Crippen LogP contribution is -2.09. The van der Waals surface area contributed by atoms with E-state index < -0.39 is 17.5 Å². The lowest BCUT2D eigenvalue weighted by Gasteiger charge is -2.10. The summed E-state index contributed by atoms with van der Waals surface area (Å²) in [6, 6.07) is 23.3. The van der Waals surface area contributed by atoms with Crippen molar-refractivity contribution in [2.75, 3.05) is 0 Å². The summed E-state index contributed by atoms with van der Waals surface area (Å²) in [6.45, 7) is 0.258. The molecule has 0 aromatic heterocycles. The molecule has 0 atom stereocenters. The highest BCUT2D eigenvalue weighted by Gasteiger charge is 2.11. The molecule has 0 aliphatic heterocycles. The normalized spacial score (nSPS) is 11.0. The van der Waals surface area contributed by atoms with Crippen LogP contribution in [-0.2, 0) is 16.2 Å². The van der Waals surface area contributed by atoms with Crippen molar-refractivity contribution in [1.29, 1.82) is 0 Å². The summed E-state index contributed by atoms with van der Waals surface area (Å²) in [5, 5.41) is 18.5. The molecule has 3 rings (SSSR count). The number of rotatable bonds is 8. The number of ketones is 1. The maximum absolute atomic E-state index is 11.2. The fourth-order valence-corrected chi connectivity index (χ4v) is 2.50. The number of carbonyl (C=O) groups excluding carboxylic acids is 1.